The summed E-state index contributed by atoms with van der Waals surface area (Å²) < 4.78 is 26.8. The van der Waals surface area contributed by atoms with Crippen LogP contribution < -0.4 is 10.0 Å². The maximum atomic E-state index is 11.9. The molecule has 0 amide bonds. The van der Waals surface area contributed by atoms with Crippen LogP contribution in [0, 0.1) is 6.92 Å². The fourth-order valence-corrected chi connectivity index (χ4v) is 4.18. The first kappa shape index (κ1) is 12.0. The fourth-order valence-electron chi connectivity index (χ4n) is 1.77. The summed E-state index contributed by atoms with van der Waals surface area (Å²) in [6.45, 7) is 3.38. The minimum atomic E-state index is -3.30. The second-order valence-electron chi connectivity index (χ2n) is 4.01. The molecule has 1 aliphatic heterocycles. The highest BCUT2D eigenvalue weighted by molar-refractivity contribution is 7.91. The van der Waals surface area contributed by atoms with Gasteiger partial charge in [-0.3, -0.25) is 0 Å². The fraction of sp³-hybridized carbons (Fsp3) is 0.600. The van der Waals surface area contributed by atoms with Gasteiger partial charge in [-0.2, -0.15) is 0 Å². The van der Waals surface area contributed by atoms with Gasteiger partial charge in [-0.1, -0.05) is 0 Å². The molecule has 0 aromatic carbocycles. The molecule has 90 valence electrons. The lowest BCUT2D eigenvalue weighted by Crippen LogP contribution is -2.36. The Kier molecular flexibility index (Phi) is 3.63. The van der Waals surface area contributed by atoms with E-state index in [9.17, 15) is 8.42 Å². The third-order valence-corrected chi connectivity index (χ3v) is 5.58. The van der Waals surface area contributed by atoms with Gasteiger partial charge in [-0.05, 0) is 38.4 Å². The third-order valence-electron chi connectivity index (χ3n) is 2.66. The van der Waals surface area contributed by atoms with Crippen molar-refractivity contribution in [3.8, 4) is 0 Å². The van der Waals surface area contributed by atoms with Crippen LogP contribution in [-0.4, -0.2) is 27.5 Å². The van der Waals surface area contributed by atoms with E-state index < -0.39 is 10.0 Å². The molecule has 0 saturated carbocycles. The van der Waals surface area contributed by atoms with Gasteiger partial charge in [0.05, 0.1) is 0 Å². The summed E-state index contributed by atoms with van der Waals surface area (Å²) in [7, 11) is -3.30. The maximum Gasteiger partial charge on any atom is 0.250 e. The molecule has 4 nitrogen and oxygen atoms in total. The average molecular weight is 260 g/mol. The molecule has 6 heteroatoms. The lowest BCUT2D eigenvalue weighted by atomic mass is 10.2. The van der Waals surface area contributed by atoms with E-state index in [0.29, 0.717) is 10.8 Å². The van der Waals surface area contributed by atoms with Crippen LogP contribution >= 0.6 is 11.3 Å². The zero-order chi connectivity index (χ0) is 11.6. The summed E-state index contributed by atoms with van der Waals surface area (Å²) in [5.41, 5.74) is 0. The summed E-state index contributed by atoms with van der Waals surface area (Å²) in [4.78, 5) is 1.01. The van der Waals surface area contributed by atoms with Gasteiger partial charge in [0.1, 0.15) is 4.21 Å². The molecule has 16 heavy (non-hydrogen) atoms. The molecule has 1 aliphatic rings. The molecule has 1 aromatic rings. The molecule has 1 atom stereocenters. The molecular formula is C10H16N2O2S2. The van der Waals surface area contributed by atoms with Gasteiger partial charge in [0, 0.05) is 17.5 Å². The van der Waals surface area contributed by atoms with Crippen molar-refractivity contribution in [2.75, 3.05) is 13.1 Å². The van der Waals surface area contributed by atoms with Crippen molar-refractivity contribution in [2.24, 2.45) is 0 Å². The minimum Gasteiger partial charge on any atom is -0.313 e. The van der Waals surface area contributed by atoms with Crippen LogP contribution in [0.4, 0.5) is 0 Å². The molecule has 2 heterocycles. The largest absolute Gasteiger partial charge is 0.313 e. The highest BCUT2D eigenvalue weighted by Gasteiger charge is 2.20. The van der Waals surface area contributed by atoms with Crippen molar-refractivity contribution < 1.29 is 8.42 Å². The molecule has 0 spiro atoms. The van der Waals surface area contributed by atoms with Crippen molar-refractivity contribution >= 4 is 21.4 Å². The Labute approximate surface area is 100 Å². The molecule has 1 fully saturated rings. The zero-order valence-corrected chi connectivity index (χ0v) is 10.8. The van der Waals surface area contributed by atoms with Crippen molar-refractivity contribution in [3.63, 3.8) is 0 Å². The number of sulfonamides is 1. The molecule has 1 saturated heterocycles. The molecule has 1 aromatic heterocycles. The monoisotopic (exact) mass is 260 g/mol. The number of hydrogen-bond acceptors (Lipinski definition) is 4. The summed E-state index contributed by atoms with van der Waals surface area (Å²) in [5.74, 6) is 0. The van der Waals surface area contributed by atoms with Crippen LogP contribution in [0.3, 0.4) is 0 Å². The van der Waals surface area contributed by atoms with E-state index >= 15 is 0 Å². The molecule has 1 unspecified atom stereocenters. The van der Waals surface area contributed by atoms with Crippen LogP contribution in [-0.2, 0) is 10.0 Å². The number of rotatable bonds is 4. The van der Waals surface area contributed by atoms with Gasteiger partial charge in [-0.25, -0.2) is 13.1 Å². The van der Waals surface area contributed by atoms with Gasteiger partial charge in [0.25, 0.3) is 0 Å². The second kappa shape index (κ2) is 4.83. The number of thiophene rings is 1. The lowest BCUT2D eigenvalue weighted by molar-refractivity contribution is 0.553. The van der Waals surface area contributed by atoms with E-state index in [2.05, 4.69) is 10.0 Å². The average Bonchev–Trinajstić information content (AvgIpc) is 2.85. The first-order valence-electron chi connectivity index (χ1n) is 5.37. The molecule has 2 N–H and O–H groups in total. The standard InChI is InChI=1S/C10H16N2O2S2/c1-8-4-5-10(15-8)16(13,14)12-7-9-3-2-6-11-9/h4-5,9,11-12H,2-3,6-7H2,1H3. The lowest BCUT2D eigenvalue weighted by Gasteiger charge is -2.10. The van der Waals surface area contributed by atoms with Crippen molar-refractivity contribution in [1.29, 1.82) is 0 Å². The van der Waals surface area contributed by atoms with Crippen LogP contribution in [0.25, 0.3) is 0 Å². The topological polar surface area (TPSA) is 58.2 Å². The highest BCUT2D eigenvalue weighted by Crippen LogP contribution is 2.20. The van der Waals surface area contributed by atoms with E-state index in [1.165, 1.54) is 11.3 Å². The van der Waals surface area contributed by atoms with Crippen LogP contribution in [0.5, 0.6) is 0 Å². The quantitative estimate of drug-likeness (QED) is 0.852. The first-order chi connectivity index (χ1) is 7.58. The van der Waals surface area contributed by atoms with Crippen molar-refractivity contribution in [1.82, 2.24) is 10.0 Å². The van der Waals surface area contributed by atoms with E-state index in [0.717, 1.165) is 24.3 Å². The Morgan fingerprint density at radius 1 is 1.56 bits per heavy atom. The Hall–Kier alpha value is -0.430. The first-order valence-corrected chi connectivity index (χ1v) is 7.67. The SMILES string of the molecule is Cc1ccc(S(=O)(=O)NCC2CCCN2)s1. The Balaban J connectivity index is 1.97. The van der Waals surface area contributed by atoms with Crippen molar-refractivity contribution in [3.05, 3.63) is 17.0 Å². The molecular weight excluding hydrogens is 244 g/mol. The van der Waals surface area contributed by atoms with Crippen LogP contribution in [0.2, 0.25) is 0 Å². The Morgan fingerprint density at radius 3 is 2.94 bits per heavy atom. The highest BCUT2D eigenvalue weighted by atomic mass is 32.2. The molecule has 2 rings (SSSR count). The summed E-state index contributed by atoms with van der Waals surface area (Å²) >= 11 is 1.31. The summed E-state index contributed by atoms with van der Waals surface area (Å²) in [5, 5.41) is 3.26. The van der Waals surface area contributed by atoms with Gasteiger partial charge in [-0.15, -0.1) is 11.3 Å². The minimum absolute atomic E-state index is 0.288. The predicted molar refractivity (Wildman–Crippen MR) is 65.3 cm³/mol. The van der Waals surface area contributed by atoms with Crippen LogP contribution in [0.1, 0.15) is 17.7 Å². The second-order valence-corrected chi connectivity index (χ2v) is 7.29. The number of nitrogens with one attached hydrogen (secondary N) is 2. The smallest absolute Gasteiger partial charge is 0.250 e. The van der Waals surface area contributed by atoms with Gasteiger partial charge >= 0.3 is 0 Å². The number of hydrogen-bond donors (Lipinski definition) is 2. The molecule has 0 radical (unpaired) electrons. The maximum absolute atomic E-state index is 11.9. The predicted octanol–water partition coefficient (Wildman–Crippen LogP) is 1.09. The van der Waals surface area contributed by atoms with Gasteiger partial charge in [0.15, 0.2) is 0 Å². The van der Waals surface area contributed by atoms with E-state index in [1.807, 2.05) is 13.0 Å². The summed E-state index contributed by atoms with van der Waals surface area (Å²) in [6, 6.07) is 3.77. The van der Waals surface area contributed by atoms with Crippen molar-refractivity contribution in [2.45, 2.75) is 30.0 Å². The van der Waals surface area contributed by atoms with E-state index in [-0.39, 0.29) is 6.04 Å². The molecule has 0 bridgehead atoms. The van der Waals surface area contributed by atoms with Gasteiger partial charge < -0.3 is 5.32 Å². The van der Waals surface area contributed by atoms with Crippen LogP contribution in [0.15, 0.2) is 16.3 Å². The zero-order valence-electron chi connectivity index (χ0n) is 9.19. The third kappa shape index (κ3) is 2.82. The molecule has 0 aliphatic carbocycles. The Bertz CT molecular complexity index is 447. The summed E-state index contributed by atoms with van der Waals surface area (Å²) in [6.07, 6.45) is 2.18. The van der Waals surface area contributed by atoms with Gasteiger partial charge in [0.2, 0.25) is 10.0 Å². The van der Waals surface area contributed by atoms with E-state index in [1.54, 1.807) is 6.07 Å². The van der Waals surface area contributed by atoms with E-state index in [4.69, 9.17) is 0 Å². The number of aryl methyl sites for hydroxylation is 1. The normalized spacial score (nSPS) is 21.4. The Morgan fingerprint density at radius 2 is 2.38 bits per heavy atom.